The van der Waals surface area contributed by atoms with Crippen LogP contribution in [0.3, 0.4) is 0 Å². The molecule has 0 aliphatic carbocycles. The van der Waals surface area contributed by atoms with Crippen molar-refractivity contribution in [2.75, 3.05) is 13.2 Å². The summed E-state index contributed by atoms with van der Waals surface area (Å²) in [4.78, 5) is 80.7. The van der Waals surface area contributed by atoms with E-state index < -0.39 is 22.9 Å². The van der Waals surface area contributed by atoms with E-state index in [1.807, 2.05) is 42.5 Å². The van der Waals surface area contributed by atoms with Crippen molar-refractivity contribution in [3.63, 3.8) is 0 Å². The van der Waals surface area contributed by atoms with Crippen LogP contribution in [-0.4, -0.2) is 41.5 Å². The summed E-state index contributed by atoms with van der Waals surface area (Å²) in [7, 11) is 0. The van der Waals surface area contributed by atoms with Crippen molar-refractivity contribution in [1.29, 1.82) is 0 Å². The molecule has 4 N–H and O–H groups in total. The molecule has 0 spiro atoms. The highest BCUT2D eigenvalue weighted by Crippen LogP contribution is 2.45. The fourth-order valence-electron chi connectivity index (χ4n) is 13.2. The summed E-state index contributed by atoms with van der Waals surface area (Å²) in [5, 5.41) is 5.69. The molecular weight excluding hydrogens is 1030 g/mol. The number of nitrogens with two attached hydrogens (primary N) is 2. The number of carbonyl (C=O) groups excluding carboxylic acids is 4. The Labute approximate surface area is 496 Å². The lowest BCUT2D eigenvalue weighted by Crippen LogP contribution is -2.26. The second-order valence-electron chi connectivity index (χ2n) is 24.5. The first-order chi connectivity index (χ1) is 40.6. The van der Waals surface area contributed by atoms with E-state index in [4.69, 9.17) is 20.9 Å². The number of carbonyl (C=O) groups is 4. The third kappa shape index (κ3) is 20.6. The summed E-state index contributed by atoms with van der Waals surface area (Å²) in [5.41, 5.74) is 11.0. The Morgan fingerprint density at radius 3 is 1.28 bits per heavy atom. The minimum absolute atomic E-state index is 0.0397. The monoisotopic (exact) mass is 1140 g/mol. The summed E-state index contributed by atoms with van der Waals surface area (Å²) >= 11 is 0. The number of aromatic nitrogens is 1. The van der Waals surface area contributed by atoms with Crippen LogP contribution in [0.4, 0.5) is 0 Å². The number of hydrogen-bond acceptors (Lipinski definition) is 8. The molecular formula is C72H105N3O8. The first-order valence-corrected chi connectivity index (χ1v) is 33.5. The zero-order valence-electron chi connectivity index (χ0n) is 51.5. The molecule has 1 unspecified atom stereocenters. The molecule has 5 aromatic carbocycles. The van der Waals surface area contributed by atoms with Gasteiger partial charge in [0, 0.05) is 35.7 Å². The summed E-state index contributed by atoms with van der Waals surface area (Å²) in [5.74, 6) is -1.21. The first-order valence-electron chi connectivity index (χ1n) is 33.5. The van der Waals surface area contributed by atoms with Crippen LogP contribution < -0.4 is 22.6 Å². The number of primary amides is 2. The molecule has 0 bridgehead atoms. The summed E-state index contributed by atoms with van der Waals surface area (Å²) in [6, 6.07) is 15.2. The SMILES string of the molecule is CCCCCCCCCCCCOC(=O)CCCCCCCCCCCC(CCCCCC(=O)OCCCCCCCCCCCC)CCCCCn1c(=O)c2c(C(N)=O)c3c(C(N)=O)ccc4c5cccc6cccc(c65)c(c2c1=O)c34. The van der Waals surface area contributed by atoms with Crippen molar-refractivity contribution in [2.24, 2.45) is 17.4 Å². The minimum atomic E-state index is -0.894. The number of ether oxygens (including phenoxy) is 2. The van der Waals surface area contributed by atoms with Gasteiger partial charge in [-0.15, -0.1) is 0 Å². The first kappa shape index (κ1) is 66.6. The maximum absolute atomic E-state index is 14.7. The third-order valence-corrected chi connectivity index (χ3v) is 17.9. The van der Waals surface area contributed by atoms with Gasteiger partial charge >= 0.3 is 11.9 Å². The smallest absolute Gasteiger partial charge is 0.305 e. The quantitative estimate of drug-likeness (QED) is 0.0164. The Bertz CT molecular complexity index is 3010. The largest absolute Gasteiger partial charge is 0.466 e. The van der Waals surface area contributed by atoms with Gasteiger partial charge in [0.1, 0.15) is 0 Å². The predicted octanol–water partition coefficient (Wildman–Crippen LogP) is 18.4. The fourth-order valence-corrected chi connectivity index (χ4v) is 13.2. The van der Waals surface area contributed by atoms with Crippen LogP contribution in [0.15, 0.2) is 58.1 Å². The topological polar surface area (TPSA) is 178 Å². The van der Waals surface area contributed by atoms with Crippen LogP contribution in [0.2, 0.25) is 0 Å². The number of amides is 2. The van der Waals surface area contributed by atoms with E-state index in [-0.39, 0.29) is 45.8 Å². The Morgan fingerprint density at radius 1 is 0.398 bits per heavy atom. The van der Waals surface area contributed by atoms with E-state index in [0.717, 1.165) is 123 Å². The number of rotatable bonds is 48. The van der Waals surface area contributed by atoms with E-state index in [1.165, 1.54) is 146 Å². The van der Waals surface area contributed by atoms with Gasteiger partial charge in [0.05, 0.1) is 29.5 Å². The van der Waals surface area contributed by atoms with E-state index in [9.17, 15) is 28.8 Å². The third-order valence-electron chi connectivity index (χ3n) is 17.9. The molecule has 1 aromatic heterocycles. The molecule has 11 nitrogen and oxygen atoms in total. The van der Waals surface area contributed by atoms with Gasteiger partial charge in [-0.05, 0) is 76.4 Å². The highest BCUT2D eigenvalue weighted by atomic mass is 16.5. The number of hydrogen-bond donors (Lipinski definition) is 2. The molecule has 83 heavy (non-hydrogen) atoms. The van der Waals surface area contributed by atoms with Gasteiger partial charge in [0.2, 0.25) is 11.8 Å². The van der Waals surface area contributed by atoms with Gasteiger partial charge in [-0.2, -0.15) is 0 Å². The molecule has 0 radical (unpaired) electrons. The lowest BCUT2D eigenvalue weighted by molar-refractivity contribution is -0.144. The molecule has 1 heterocycles. The molecule has 1 atom stereocenters. The van der Waals surface area contributed by atoms with Gasteiger partial charge in [0.15, 0.2) is 0 Å². The van der Waals surface area contributed by atoms with E-state index in [0.29, 0.717) is 49.2 Å². The van der Waals surface area contributed by atoms with Crippen LogP contribution in [0.25, 0.3) is 53.9 Å². The zero-order valence-corrected chi connectivity index (χ0v) is 51.5. The summed E-state index contributed by atoms with van der Waals surface area (Å²) in [6.45, 7) is 5.80. The molecule has 6 rings (SSSR count). The summed E-state index contributed by atoms with van der Waals surface area (Å²) in [6.07, 6.45) is 45.3. The number of esters is 2. The second-order valence-corrected chi connectivity index (χ2v) is 24.5. The predicted molar refractivity (Wildman–Crippen MR) is 345 cm³/mol. The van der Waals surface area contributed by atoms with Crippen LogP contribution in [0.5, 0.6) is 0 Å². The average molecular weight is 1140 g/mol. The lowest BCUT2D eigenvalue weighted by Gasteiger charge is -2.18. The minimum Gasteiger partial charge on any atom is -0.466 e. The van der Waals surface area contributed by atoms with Gasteiger partial charge in [0.25, 0.3) is 11.1 Å². The fraction of sp³-hybridized carbons (Fsp3) is 0.639. The van der Waals surface area contributed by atoms with E-state index in [2.05, 4.69) is 13.8 Å². The van der Waals surface area contributed by atoms with Crippen LogP contribution in [0, 0.1) is 5.92 Å². The Kier molecular flexibility index (Phi) is 30.2. The lowest BCUT2D eigenvalue weighted by atomic mass is 9.84. The maximum atomic E-state index is 14.7. The maximum Gasteiger partial charge on any atom is 0.305 e. The van der Waals surface area contributed by atoms with Crippen molar-refractivity contribution in [3.8, 4) is 0 Å². The van der Waals surface area contributed by atoms with Crippen molar-refractivity contribution in [1.82, 2.24) is 4.57 Å². The van der Waals surface area contributed by atoms with Crippen LogP contribution in [-0.2, 0) is 25.6 Å². The molecule has 6 aromatic rings. The molecule has 0 saturated heterocycles. The Morgan fingerprint density at radius 2 is 0.795 bits per heavy atom. The van der Waals surface area contributed by atoms with Crippen LogP contribution >= 0.6 is 0 Å². The molecule has 456 valence electrons. The van der Waals surface area contributed by atoms with Gasteiger partial charge in [-0.25, -0.2) is 0 Å². The molecule has 0 aliphatic heterocycles. The van der Waals surface area contributed by atoms with Crippen molar-refractivity contribution in [3.05, 3.63) is 80.4 Å². The van der Waals surface area contributed by atoms with Crippen molar-refractivity contribution in [2.45, 2.75) is 277 Å². The van der Waals surface area contributed by atoms with Crippen molar-refractivity contribution < 1.29 is 28.7 Å². The Hall–Kier alpha value is -5.58. The summed E-state index contributed by atoms with van der Waals surface area (Å²) < 4.78 is 12.4. The van der Waals surface area contributed by atoms with Crippen LogP contribution in [0.1, 0.15) is 291 Å². The highest BCUT2D eigenvalue weighted by molar-refractivity contribution is 6.42. The zero-order chi connectivity index (χ0) is 59.0. The van der Waals surface area contributed by atoms with Gasteiger partial charge in [-0.3, -0.25) is 33.3 Å². The molecule has 2 amide bonds. The Balaban J connectivity index is 0.959. The standard InChI is InChI=1S/C72H105N3O8/c1-3-5-7-9-11-13-18-22-26-36-52-82-60(76)47-33-25-21-17-15-16-20-24-30-40-54(41-31-28-34-48-61(77)83-53-37-27-23-19-14-12-10-8-6-4-2)42-32-29-35-51-75-71(80)67-64-58-46-39-44-55-43-38-45-56(62(55)58)57-49-50-59(69(73)78)65(63(57)64)66(70(74)79)68(67)72(75)81/h38-39,43-46,49-50,54H,3-37,40-42,47-48,51-53H2,1-2H3,(H2,73,78)(H2,74,79). The molecule has 0 fully saturated rings. The second kappa shape index (κ2) is 37.7. The average Bonchev–Trinajstić information content (AvgIpc) is 1.81. The van der Waals surface area contributed by atoms with Gasteiger partial charge < -0.3 is 20.9 Å². The molecule has 0 saturated carbocycles. The number of benzene rings is 5. The molecule has 0 aliphatic rings. The van der Waals surface area contributed by atoms with Gasteiger partial charge in [-0.1, -0.05) is 268 Å². The normalized spacial score (nSPS) is 12.2. The highest BCUT2D eigenvalue weighted by Gasteiger charge is 2.29. The van der Waals surface area contributed by atoms with Crippen molar-refractivity contribution >= 4 is 77.6 Å². The number of nitrogens with zero attached hydrogens (tertiary/aromatic N) is 1. The molecule has 11 heteroatoms. The van der Waals surface area contributed by atoms with E-state index in [1.54, 1.807) is 6.07 Å². The van der Waals surface area contributed by atoms with E-state index >= 15 is 0 Å². The number of unbranched alkanes of at least 4 members (excludes halogenated alkanes) is 30. The number of fused-ring (bicyclic) bond motifs is 4.